The van der Waals surface area contributed by atoms with Crippen LogP contribution in [0.4, 0.5) is 0 Å². The van der Waals surface area contributed by atoms with E-state index in [1.807, 2.05) is 35.6 Å². The lowest BCUT2D eigenvalue weighted by Gasteiger charge is -2.24. The van der Waals surface area contributed by atoms with Crippen molar-refractivity contribution in [2.75, 3.05) is 26.4 Å². The molecule has 0 unspecified atom stereocenters. The van der Waals surface area contributed by atoms with Crippen molar-refractivity contribution in [3.63, 3.8) is 0 Å². The number of carbonyl (C=O) groups excluding carboxylic acids is 1. The first-order chi connectivity index (χ1) is 18.1. The lowest BCUT2D eigenvalue weighted by atomic mass is 9.96. The molecule has 2 bridgehead atoms. The molecule has 8 heteroatoms. The molecule has 0 atom stereocenters. The number of nitrogens with zero attached hydrogens (tertiary/aromatic N) is 4. The molecule has 8 nitrogen and oxygen atoms in total. The molecule has 0 N–H and O–H groups in total. The Morgan fingerprint density at radius 1 is 1.05 bits per heavy atom. The molecule has 4 aromatic rings. The first kappa shape index (κ1) is 24.8. The lowest BCUT2D eigenvalue weighted by molar-refractivity contribution is -0.132. The highest BCUT2D eigenvalue weighted by Crippen LogP contribution is 2.32. The molecule has 1 aliphatic rings. The van der Waals surface area contributed by atoms with E-state index >= 15 is 0 Å². The Morgan fingerprint density at radius 3 is 2.76 bits per heavy atom. The van der Waals surface area contributed by atoms with Crippen molar-refractivity contribution in [3.05, 3.63) is 89.3 Å². The van der Waals surface area contributed by atoms with Crippen LogP contribution in [0.5, 0.6) is 5.75 Å². The van der Waals surface area contributed by atoms with Gasteiger partial charge in [-0.05, 0) is 48.2 Å². The molecule has 0 saturated heterocycles. The van der Waals surface area contributed by atoms with Gasteiger partial charge in [0.25, 0.3) is 0 Å². The quantitative estimate of drug-likeness (QED) is 0.408. The minimum absolute atomic E-state index is 0.0977. The number of imidazole rings is 1. The molecular weight excluding hydrogens is 468 g/mol. The van der Waals surface area contributed by atoms with Crippen LogP contribution < -0.4 is 4.74 Å². The van der Waals surface area contributed by atoms with Gasteiger partial charge < -0.3 is 23.5 Å². The minimum Gasteiger partial charge on any atom is -0.491 e. The van der Waals surface area contributed by atoms with Gasteiger partial charge in [0.05, 0.1) is 25.2 Å². The van der Waals surface area contributed by atoms with Gasteiger partial charge in [-0.3, -0.25) is 4.79 Å². The van der Waals surface area contributed by atoms with Crippen LogP contribution in [0.15, 0.2) is 65.7 Å². The molecule has 2 aromatic heterocycles. The fraction of sp³-hybridized carbons (Fsp3) is 0.345. The van der Waals surface area contributed by atoms with Crippen molar-refractivity contribution < 1.29 is 18.8 Å². The molecule has 5 rings (SSSR count). The summed E-state index contributed by atoms with van der Waals surface area (Å²) in [6.07, 6.45) is 6.45. The van der Waals surface area contributed by atoms with Crippen LogP contribution >= 0.6 is 0 Å². The first-order valence-electron chi connectivity index (χ1n) is 12.6. The zero-order valence-electron chi connectivity index (χ0n) is 21.4. The maximum Gasteiger partial charge on any atom is 0.224 e. The Morgan fingerprint density at radius 2 is 1.95 bits per heavy atom. The lowest BCUT2D eigenvalue weighted by Crippen LogP contribution is -2.34. The molecule has 2 aromatic carbocycles. The summed E-state index contributed by atoms with van der Waals surface area (Å²) in [5.41, 5.74) is 6.28. The predicted octanol–water partition coefficient (Wildman–Crippen LogP) is 4.57. The molecule has 0 saturated carbocycles. The summed E-state index contributed by atoms with van der Waals surface area (Å²) < 4.78 is 19.3. The number of ether oxygens (including phenoxy) is 2. The molecule has 0 fully saturated rings. The molecule has 1 amide bonds. The van der Waals surface area contributed by atoms with E-state index in [0.717, 1.165) is 45.0 Å². The number of aromatic nitrogens is 3. The van der Waals surface area contributed by atoms with Gasteiger partial charge in [0.2, 0.25) is 5.91 Å². The number of amides is 1. The highest BCUT2D eigenvalue weighted by atomic mass is 16.5. The molecule has 0 aliphatic carbocycles. The van der Waals surface area contributed by atoms with Crippen LogP contribution in [-0.4, -0.2) is 51.9 Å². The highest BCUT2D eigenvalue weighted by molar-refractivity contribution is 5.76. The van der Waals surface area contributed by atoms with E-state index in [2.05, 4.69) is 46.5 Å². The average molecular weight is 501 g/mol. The van der Waals surface area contributed by atoms with Crippen molar-refractivity contribution >= 4 is 5.91 Å². The molecule has 0 radical (unpaired) electrons. The van der Waals surface area contributed by atoms with E-state index in [0.29, 0.717) is 52.3 Å². The van der Waals surface area contributed by atoms with Crippen LogP contribution in [0.1, 0.15) is 34.6 Å². The topological polar surface area (TPSA) is 82.6 Å². The van der Waals surface area contributed by atoms with Crippen molar-refractivity contribution in [2.45, 2.75) is 39.8 Å². The largest absolute Gasteiger partial charge is 0.491 e. The van der Waals surface area contributed by atoms with Gasteiger partial charge in [0.1, 0.15) is 18.1 Å². The third kappa shape index (κ3) is 6.09. The Hall–Kier alpha value is -3.91. The van der Waals surface area contributed by atoms with Crippen LogP contribution in [0.25, 0.3) is 11.1 Å². The Balaban J connectivity index is 1.39. The zero-order chi connectivity index (χ0) is 25.6. The van der Waals surface area contributed by atoms with Crippen molar-refractivity contribution in [2.24, 2.45) is 0 Å². The van der Waals surface area contributed by atoms with E-state index in [4.69, 9.17) is 14.0 Å². The van der Waals surface area contributed by atoms with E-state index < -0.39 is 0 Å². The molecule has 0 spiro atoms. The number of hydrogen-bond acceptors (Lipinski definition) is 6. The van der Waals surface area contributed by atoms with Gasteiger partial charge in [-0.25, -0.2) is 4.98 Å². The molecule has 37 heavy (non-hydrogen) atoms. The molecule has 3 heterocycles. The van der Waals surface area contributed by atoms with Gasteiger partial charge in [-0.2, -0.15) is 0 Å². The average Bonchev–Trinajstić information content (AvgIpc) is 3.53. The second-order valence-electron chi connectivity index (χ2n) is 9.35. The predicted molar refractivity (Wildman–Crippen MR) is 139 cm³/mol. The molecular formula is C29H32N4O4. The van der Waals surface area contributed by atoms with Crippen LogP contribution in [-0.2, 0) is 29.0 Å². The van der Waals surface area contributed by atoms with E-state index in [1.54, 1.807) is 12.5 Å². The minimum atomic E-state index is 0.0977. The van der Waals surface area contributed by atoms with E-state index in [9.17, 15) is 4.79 Å². The van der Waals surface area contributed by atoms with Gasteiger partial charge in [0.15, 0.2) is 0 Å². The smallest absolute Gasteiger partial charge is 0.224 e. The Bertz CT molecular complexity index is 1330. The van der Waals surface area contributed by atoms with Crippen molar-refractivity contribution in [3.8, 4) is 16.9 Å². The highest BCUT2D eigenvalue weighted by Gasteiger charge is 2.17. The number of carbonyl (C=O) groups is 1. The summed E-state index contributed by atoms with van der Waals surface area (Å²) in [7, 11) is 0. The summed E-state index contributed by atoms with van der Waals surface area (Å²) in [6.45, 7) is 6.91. The second-order valence-corrected chi connectivity index (χ2v) is 9.35. The summed E-state index contributed by atoms with van der Waals surface area (Å²) in [5, 5.41) is 4.12. The SMILES string of the molecule is Cc1noc(C)c1-c1ccc2c(c1)Cc1cccc(c1)CN(C(=O)CCn1ccnc1)CCOCCO2. The van der Waals surface area contributed by atoms with Crippen LogP contribution in [0.2, 0.25) is 0 Å². The summed E-state index contributed by atoms with van der Waals surface area (Å²) in [4.78, 5) is 19.0. The van der Waals surface area contributed by atoms with Gasteiger partial charge >= 0.3 is 0 Å². The third-order valence-corrected chi connectivity index (χ3v) is 6.63. The standard InChI is InChI=1S/C29H32N4O4/c1-21-29(22(2)37-31-21)25-6-7-27-26(18-25)17-23-4-3-5-24(16-23)19-33(12-13-35-14-15-36-27)28(34)8-10-32-11-9-30-20-32/h3-7,9,11,16,18,20H,8,10,12-15,17,19H2,1-2H3. The monoisotopic (exact) mass is 500 g/mol. The summed E-state index contributed by atoms with van der Waals surface area (Å²) in [6, 6.07) is 14.7. The fourth-order valence-corrected chi connectivity index (χ4v) is 4.77. The molecule has 1 aliphatic heterocycles. The number of aryl methyl sites for hydroxylation is 3. The van der Waals surface area contributed by atoms with Gasteiger partial charge in [-0.15, -0.1) is 0 Å². The van der Waals surface area contributed by atoms with Crippen molar-refractivity contribution in [1.29, 1.82) is 0 Å². The van der Waals surface area contributed by atoms with Gasteiger partial charge in [0, 0.05) is 50.4 Å². The van der Waals surface area contributed by atoms with Gasteiger partial charge in [-0.1, -0.05) is 35.5 Å². The molecule has 192 valence electrons. The fourth-order valence-electron chi connectivity index (χ4n) is 4.77. The third-order valence-electron chi connectivity index (χ3n) is 6.63. The van der Waals surface area contributed by atoms with E-state index in [1.165, 1.54) is 0 Å². The zero-order valence-corrected chi connectivity index (χ0v) is 21.4. The Kier molecular flexibility index (Phi) is 7.65. The van der Waals surface area contributed by atoms with E-state index in [-0.39, 0.29) is 5.91 Å². The normalized spacial score (nSPS) is 14.5. The number of benzene rings is 2. The first-order valence-corrected chi connectivity index (χ1v) is 12.6. The van der Waals surface area contributed by atoms with Crippen LogP contribution in [0, 0.1) is 13.8 Å². The number of fused-ring (bicyclic) bond motifs is 3. The maximum atomic E-state index is 13.1. The van der Waals surface area contributed by atoms with Crippen molar-refractivity contribution in [1.82, 2.24) is 19.6 Å². The summed E-state index contributed by atoms with van der Waals surface area (Å²) >= 11 is 0. The summed E-state index contributed by atoms with van der Waals surface area (Å²) in [5.74, 6) is 1.74. The van der Waals surface area contributed by atoms with Crippen LogP contribution in [0.3, 0.4) is 0 Å². The maximum absolute atomic E-state index is 13.1. The number of hydrogen-bond donors (Lipinski definition) is 0. The Labute approximate surface area is 216 Å². The number of rotatable bonds is 4. The second kappa shape index (κ2) is 11.4.